The number of nitrogens with one attached hydrogen (secondary N) is 1. The van der Waals surface area contributed by atoms with Crippen LogP contribution in [0.25, 0.3) is 0 Å². The van der Waals surface area contributed by atoms with E-state index in [9.17, 15) is 4.79 Å². The van der Waals surface area contributed by atoms with Gasteiger partial charge in [0.1, 0.15) is 0 Å². The molecule has 0 radical (unpaired) electrons. The second kappa shape index (κ2) is 5.06. The number of nitrogens with two attached hydrogens (primary N) is 1. The number of carbonyl (C=O) groups excluding carboxylic acids is 1. The van der Waals surface area contributed by atoms with Crippen LogP contribution in [0, 0.1) is 0 Å². The highest BCUT2D eigenvalue weighted by atomic mass is 79.9. The molecule has 1 amide bonds. The molecule has 2 rings (SSSR count). The smallest absolute Gasteiger partial charge is 0.266 e. The third-order valence-electron chi connectivity index (χ3n) is 2.67. The Morgan fingerprint density at radius 1 is 1.53 bits per heavy atom. The molecule has 0 aromatic heterocycles. The second-order valence-corrected chi connectivity index (χ2v) is 4.89. The van der Waals surface area contributed by atoms with Crippen molar-refractivity contribution in [3.05, 3.63) is 22.2 Å². The lowest BCUT2D eigenvalue weighted by molar-refractivity contribution is -0.123. The first-order chi connectivity index (χ1) is 8.15. The van der Waals surface area contributed by atoms with Gasteiger partial charge < -0.3 is 15.8 Å². The number of fused-ring (bicyclic) bond motifs is 1. The fourth-order valence-corrected chi connectivity index (χ4v) is 2.46. The maximum atomic E-state index is 11.6. The summed E-state index contributed by atoms with van der Waals surface area (Å²) < 4.78 is 6.43. The molecule has 0 bridgehead atoms. The van der Waals surface area contributed by atoms with Crippen molar-refractivity contribution in [2.75, 3.05) is 11.9 Å². The van der Waals surface area contributed by atoms with Crippen LogP contribution in [0.3, 0.4) is 0 Å². The van der Waals surface area contributed by atoms with Crippen molar-refractivity contribution in [1.82, 2.24) is 0 Å². The summed E-state index contributed by atoms with van der Waals surface area (Å²) in [5, 5.41) is 2.83. The van der Waals surface area contributed by atoms with Crippen LogP contribution in [0.5, 0.6) is 5.75 Å². The maximum absolute atomic E-state index is 11.6. The van der Waals surface area contributed by atoms with Crippen LogP contribution in [0.2, 0.25) is 0 Å². The molecule has 1 aromatic rings. The predicted octanol–water partition coefficient (Wildman–Crippen LogP) is 2.06. The zero-order valence-electron chi connectivity index (χ0n) is 9.63. The lowest BCUT2D eigenvalue weighted by atomic mass is 10.1. The zero-order chi connectivity index (χ0) is 12.4. The van der Waals surface area contributed by atoms with Crippen molar-refractivity contribution in [2.45, 2.75) is 25.9 Å². The Morgan fingerprint density at radius 3 is 2.94 bits per heavy atom. The molecule has 3 N–H and O–H groups in total. The van der Waals surface area contributed by atoms with Gasteiger partial charge in [-0.3, -0.25) is 4.79 Å². The Hall–Kier alpha value is -1.07. The van der Waals surface area contributed by atoms with Gasteiger partial charge in [-0.1, -0.05) is 13.3 Å². The number of hydrogen-bond acceptors (Lipinski definition) is 3. The number of amides is 1. The van der Waals surface area contributed by atoms with E-state index < -0.39 is 6.10 Å². The van der Waals surface area contributed by atoms with Gasteiger partial charge in [0.15, 0.2) is 11.9 Å². The minimum atomic E-state index is -0.601. The molecule has 1 aromatic carbocycles. The maximum Gasteiger partial charge on any atom is 0.266 e. The van der Waals surface area contributed by atoms with Gasteiger partial charge in [-0.2, -0.15) is 0 Å². The Labute approximate surface area is 109 Å². The van der Waals surface area contributed by atoms with Crippen molar-refractivity contribution in [3.8, 4) is 5.75 Å². The Balaban J connectivity index is 2.36. The van der Waals surface area contributed by atoms with Crippen LogP contribution < -0.4 is 15.8 Å². The predicted molar refractivity (Wildman–Crippen MR) is 70.2 cm³/mol. The largest absolute Gasteiger partial charge is 0.476 e. The summed E-state index contributed by atoms with van der Waals surface area (Å²) in [6.45, 7) is 2.29. The molecule has 1 aliphatic heterocycles. The molecule has 1 unspecified atom stereocenters. The molecule has 0 aliphatic carbocycles. The third-order valence-corrected chi connectivity index (χ3v) is 3.26. The van der Waals surface area contributed by atoms with Crippen molar-refractivity contribution >= 4 is 27.5 Å². The van der Waals surface area contributed by atoms with Crippen molar-refractivity contribution in [3.63, 3.8) is 0 Å². The topological polar surface area (TPSA) is 64.4 Å². The van der Waals surface area contributed by atoms with E-state index in [1.165, 1.54) is 5.56 Å². The van der Waals surface area contributed by atoms with Crippen LogP contribution in [-0.2, 0) is 11.2 Å². The average Bonchev–Trinajstić information content (AvgIpc) is 2.28. The molecule has 1 heterocycles. The number of benzene rings is 1. The van der Waals surface area contributed by atoms with E-state index in [1.807, 2.05) is 12.1 Å². The first-order valence-electron chi connectivity index (χ1n) is 5.65. The van der Waals surface area contributed by atoms with Gasteiger partial charge >= 0.3 is 0 Å². The molecule has 17 heavy (non-hydrogen) atoms. The quantitative estimate of drug-likeness (QED) is 0.898. The molecule has 1 atom stereocenters. The van der Waals surface area contributed by atoms with E-state index >= 15 is 0 Å². The minimum absolute atomic E-state index is 0.175. The van der Waals surface area contributed by atoms with Gasteiger partial charge in [-0.05, 0) is 40.0 Å². The molecule has 0 saturated heterocycles. The highest BCUT2D eigenvalue weighted by Gasteiger charge is 2.28. The fraction of sp³-hybridized carbons (Fsp3) is 0.417. The van der Waals surface area contributed by atoms with Crippen LogP contribution in [0.4, 0.5) is 5.69 Å². The van der Waals surface area contributed by atoms with Gasteiger partial charge in [-0.25, -0.2) is 0 Å². The number of aryl methyl sites for hydroxylation is 1. The van der Waals surface area contributed by atoms with Crippen LogP contribution in [0.1, 0.15) is 18.9 Å². The van der Waals surface area contributed by atoms with Gasteiger partial charge in [-0.15, -0.1) is 0 Å². The third kappa shape index (κ3) is 2.45. The van der Waals surface area contributed by atoms with E-state index in [4.69, 9.17) is 10.5 Å². The first kappa shape index (κ1) is 12.4. The second-order valence-electron chi connectivity index (χ2n) is 4.04. The number of ether oxygens (including phenoxy) is 1. The highest BCUT2D eigenvalue weighted by Crippen LogP contribution is 2.38. The lowest BCUT2D eigenvalue weighted by Gasteiger charge is -2.26. The van der Waals surface area contributed by atoms with E-state index in [0.29, 0.717) is 5.75 Å². The fourth-order valence-electron chi connectivity index (χ4n) is 1.86. The summed E-state index contributed by atoms with van der Waals surface area (Å²) in [6.07, 6.45) is 1.43. The monoisotopic (exact) mass is 298 g/mol. The average molecular weight is 299 g/mol. The van der Waals surface area contributed by atoms with E-state index in [2.05, 4.69) is 28.2 Å². The minimum Gasteiger partial charge on any atom is -0.476 e. The number of rotatable bonds is 3. The van der Waals surface area contributed by atoms with Gasteiger partial charge in [0.2, 0.25) is 0 Å². The molecular formula is C12H15BrN2O2. The van der Waals surface area contributed by atoms with Crippen LogP contribution >= 0.6 is 15.9 Å². The summed E-state index contributed by atoms with van der Waals surface area (Å²) in [7, 11) is 0. The molecule has 1 aliphatic rings. The molecule has 5 heteroatoms. The summed E-state index contributed by atoms with van der Waals surface area (Å²) in [4.78, 5) is 11.6. The van der Waals surface area contributed by atoms with E-state index in [0.717, 1.165) is 23.0 Å². The Bertz CT molecular complexity index is 448. The molecular weight excluding hydrogens is 284 g/mol. The van der Waals surface area contributed by atoms with Gasteiger partial charge in [0.05, 0.1) is 10.2 Å². The normalized spacial score (nSPS) is 18.3. The highest BCUT2D eigenvalue weighted by molar-refractivity contribution is 9.10. The summed E-state index contributed by atoms with van der Waals surface area (Å²) >= 11 is 3.46. The van der Waals surface area contributed by atoms with Gasteiger partial charge in [0.25, 0.3) is 5.91 Å². The summed E-state index contributed by atoms with van der Waals surface area (Å²) in [5.41, 5.74) is 7.37. The lowest BCUT2D eigenvalue weighted by Crippen LogP contribution is -2.42. The molecule has 92 valence electrons. The number of anilines is 1. The molecule has 4 nitrogen and oxygen atoms in total. The Kier molecular flexibility index (Phi) is 3.69. The molecule has 0 saturated carbocycles. The zero-order valence-corrected chi connectivity index (χ0v) is 11.2. The van der Waals surface area contributed by atoms with Crippen molar-refractivity contribution in [2.24, 2.45) is 5.73 Å². The first-order valence-corrected chi connectivity index (χ1v) is 6.45. The van der Waals surface area contributed by atoms with Crippen LogP contribution in [-0.4, -0.2) is 18.6 Å². The summed E-state index contributed by atoms with van der Waals surface area (Å²) in [6, 6.07) is 3.97. The molecule has 0 spiro atoms. The standard InChI is InChI=1S/C12H15BrN2O2/c1-2-3-7-4-8(13)11-9(5-7)15-12(16)10(6-14)17-11/h4-5,10H,2-3,6,14H2,1H3,(H,15,16). The summed E-state index contributed by atoms with van der Waals surface area (Å²) in [5.74, 6) is 0.487. The molecule has 0 fully saturated rings. The number of hydrogen-bond donors (Lipinski definition) is 2. The van der Waals surface area contributed by atoms with Gasteiger partial charge in [0, 0.05) is 6.54 Å². The SMILES string of the molecule is CCCc1cc(Br)c2c(c1)NC(=O)C(CN)O2. The van der Waals surface area contributed by atoms with E-state index in [-0.39, 0.29) is 12.5 Å². The van der Waals surface area contributed by atoms with Crippen molar-refractivity contribution in [1.29, 1.82) is 0 Å². The van der Waals surface area contributed by atoms with E-state index in [1.54, 1.807) is 0 Å². The van der Waals surface area contributed by atoms with Crippen molar-refractivity contribution < 1.29 is 9.53 Å². The Morgan fingerprint density at radius 2 is 2.29 bits per heavy atom. The number of carbonyl (C=O) groups is 1. The number of halogens is 1. The van der Waals surface area contributed by atoms with Crippen LogP contribution in [0.15, 0.2) is 16.6 Å².